The van der Waals surface area contributed by atoms with Gasteiger partial charge in [-0.15, -0.1) is 0 Å². The average Bonchev–Trinajstić information content (AvgIpc) is 2.03. The summed E-state index contributed by atoms with van der Waals surface area (Å²) in [6.45, 7) is 0. The number of benzene rings is 1. The van der Waals surface area contributed by atoms with Gasteiger partial charge in [0.1, 0.15) is 0 Å². The minimum absolute atomic E-state index is 0.336. The molecule has 70 valence electrons. The Hall–Kier alpha value is 0.381. The number of carbonyl (C=O) groups excluding carboxylic acids is 1. The molecule has 1 aromatic rings. The van der Waals surface area contributed by atoms with Crippen LogP contribution in [0.2, 0.25) is 0 Å². The van der Waals surface area contributed by atoms with Gasteiger partial charge in [-0.2, -0.15) is 0 Å². The van der Waals surface area contributed by atoms with Crippen molar-refractivity contribution in [1.29, 1.82) is 0 Å². The normalized spacial score (nSPS) is 8.64. The van der Waals surface area contributed by atoms with Crippen molar-refractivity contribution in [2.24, 2.45) is 0 Å². The summed E-state index contributed by atoms with van der Waals surface area (Å²) in [5.74, 6) is 0. The fourth-order valence-corrected chi connectivity index (χ4v) is 1.52. The molecule has 0 fully saturated rings. The number of hydrogen-bond donors (Lipinski definition) is 0. The van der Waals surface area contributed by atoms with Crippen LogP contribution in [0.1, 0.15) is 5.56 Å². The van der Waals surface area contributed by atoms with E-state index in [9.17, 15) is 17.7 Å². The minimum atomic E-state index is -3.67. The summed E-state index contributed by atoms with van der Waals surface area (Å²) in [6, 6.07) is 9.87. The van der Waals surface area contributed by atoms with Gasteiger partial charge in [-0.3, -0.25) is 12.9 Å². The predicted octanol–water partition coefficient (Wildman–Crippen LogP) is 1.80. The molecule has 0 radical (unpaired) electrons. The Balaban J connectivity index is 0.000000364. The Morgan fingerprint density at radius 2 is 1.64 bits per heavy atom. The Bertz CT molecular complexity index is 266. The van der Waals surface area contributed by atoms with Gasteiger partial charge < -0.3 is 0 Å². The van der Waals surface area contributed by atoms with Crippen molar-refractivity contribution in [3.8, 4) is 0 Å². The molecule has 0 aliphatic carbocycles. The first-order valence-electron chi connectivity index (χ1n) is 3.98. The molecule has 0 bridgehead atoms. The van der Waals surface area contributed by atoms with Crippen molar-refractivity contribution in [3.63, 3.8) is 0 Å². The van der Waals surface area contributed by atoms with Gasteiger partial charge in [0, 0.05) is 0 Å². The monoisotopic (exact) mass is 226 g/mol. The van der Waals surface area contributed by atoms with Crippen LogP contribution in [0.4, 0.5) is 12.9 Å². The van der Waals surface area contributed by atoms with E-state index >= 15 is 0 Å². The third-order valence-corrected chi connectivity index (χ3v) is 1.85. The van der Waals surface area contributed by atoms with Crippen LogP contribution in [0.25, 0.3) is 0 Å². The Labute approximate surface area is 115 Å². The molecule has 0 unspecified atom stereocenters. The molecule has 14 heavy (non-hydrogen) atoms. The van der Waals surface area contributed by atoms with Gasteiger partial charge in [0.15, 0.2) is 0 Å². The Morgan fingerprint density at radius 1 is 1.21 bits per heavy atom. The zero-order valence-electron chi connectivity index (χ0n) is 7.71. The zero-order chi connectivity index (χ0) is 11.0. The van der Waals surface area contributed by atoms with Crippen LogP contribution in [-0.4, -0.2) is 56.4 Å². The van der Waals surface area contributed by atoms with Gasteiger partial charge in [0.25, 0.3) is 0 Å². The van der Waals surface area contributed by atoms with Crippen molar-refractivity contribution in [2.75, 3.05) is 0 Å². The fraction of sp³-hybridized carbons (Fsp3) is 0.125. The molecule has 1 rings (SSSR count). The topological polar surface area (TPSA) is 17.1 Å². The first kappa shape index (κ1) is 14.4. The number of carbonyl (C=O) groups is 1. The SMILES string of the molecule is FB(F)F.O=[C]([K])Cc1ccccc1. The average molecular weight is 226 g/mol. The van der Waals surface area contributed by atoms with E-state index < -0.39 is 7.54 Å². The molecule has 0 aliphatic rings. The molecule has 0 spiro atoms. The summed E-state index contributed by atoms with van der Waals surface area (Å²) in [6.07, 6.45) is 0.640. The Morgan fingerprint density at radius 3 is 2.00 bits per heavy atom. The van der Waals surface area contributed by atoms with Crippen LogP contribution >= 0.6 is 0 Å². The summed E-state index contributed by atoms with van der Waals surface area (Å²) >= 11 is 0.336. The molecule has 1 nitrogen and oxygen atoms in total. The molecule has 0 N–H and O–H groups in total. The van der Waals surface area contributed by atoms with Gasteiger partial charge in [0.05, 0.1) is 0 Å². The van der Waals surface area contributed by atoms with E-state index in [1.807, 2.05) is 30.3 Å². The molecule has 6 heteroatoms. The van der Waals surface area contributed by atoms with Gasteiger partial charge >= 0.3 is 103 Å². The van der Waals surface area contributed by atoms with Crippen LogP contribution in [0.3, 0.4) is 0 Å². The first-order chi connectivity index (χ1) is 6.52. The maximum atomic E-state index is 10.7. The van der Waals surface area contributed by atoms with Gasteiger partial charge in [0.2, 0.25) is 0 Å². The first-order valence-corrected chi connectivity index (χ1v) is 5.54. The molecule has 0 aromatic heterocycles. The summed E-state index contributed by atoms with van der Waals surface area (Å²) in [5.41, 5.74) is 1.14. The summed E-state index contributed by atoms with van der Waals surface area (Å²) < 4.78 is 29.4. The summed E-state index contributed by atoms with van der Waals surface area (Å²) in [5, 5.41) is 0. The number of hydrogen-bond acceptors (Lipinski definition) is 1. The van der Waals surface area contributed by atoms with Gasteiger partial charge in [-0.25, -0.2) is 0 Å². The summed E-state index contributed by atoms with van der Waals surface area (Å²) in [7, 11) is -3.67. The van der Waals surface area contributed by atoms with Crippen molar-refractivity contribution in [2.45, 2.75) is 6.42 Å². The van der Waals surface area contributed by atoms with E-state index in [0.717, 1.165) is 5.56 Å². The van der Waals surface area contributed by atoms with Crippen molar-refractivity contribution in [3.05, 3.63) is 35.9 Å². The second-order valence-electron chi connectivity index (χ2n) is 2.61. The third-order valence-electron chi connectivity index (χ3n) is 1.30. The summed E-state index contributed by atoms with van der Waals surface area (Å²) in [4.78, 5) is 10.7. The molecular weight excluding hydrogens is 219 g/mol. The molecule has 0 atom stereocenters. The molecule has 0 saturated heterocycles. The second-order valence-corrected chi connectivity index (χ2v) is 4.35. The molecule has 0 amide bonds. The predicted molar refractivity (Wildman–Crippen MR) is 50.0 cm³/mol. The van der Waals surface area contributed by atoms with E-state index in [4.69, 9.17) is 0 Å². The van der Waals surface area contributed by atoms with Crippen LogP contribution in [-0.2, 0) is 11.2 Å². The quantitative estimate of drug-likeness (QED) is 0.702. The van der Waals surface area contributed by atoms with Gasteiger partial charge in [-0.05, 0) is 0 Å². The maximum absolute atomic E-state index is 10.7. The van der Waals surface area contributed by atoms with Crippen LogP contribution in [0, 0.1) is 0 Å². The number of rotatable bonds is 2. The van der Waals surface area contributed by atoms with E-state index in [-0.39, 0.29) is 0 Å². The zero-order valence-corrected chi connectivity index (χ0v) is 10.8. The van der Waals surface area contributed by atoms with E-state index in [1.54, 1.807) is 0 Å². The van der Waals surface area contributed by atoms with E-state index in [1.165, 1.54) is 0 Å². The second kappa shape index (κ2) is 8.67. The molecular formula is C8H7BF3KO. The number of halogens is 3. The molecule has 0 saturated carbocycles. The van der Waals surface area contributed by atoms with Crippen LogP contribution in [0.15, 0.2) is 30.3 Å². The molecule has 0 aliphatic heterocycles. The van der Waals surface area contributed by atoms with Crippen LogP contribution in [0.5, 0.6) is 0 Å². The van der Waals surface area contributed by atoms with Crippen LogP contribution < -0.4 is 0 Å². The van der Waals surface area contributed by atoms with Gasteiger partial charge in [-0.1, -0.05) is 0 Å². The fourth-order valence-electron chi connectivity index (χ4n) is 0.883. The van der Waals surface area contributed by atoms with E-state index in [2.05, 4.69) is 0 Å². The van der Waals surface area contributed by atoms with Crippen molar-refractivity contribution >= 4 is 56.4 Å². The third kappa shape index (κ3) is 10.5. The molecule has 1 aromatic carbocycles. The molecule has 0 heterocycles. The van der Waals surface area contributed by atoms with Crippen molar-refractivity contribution < 1.29 is 17.7 Å². The van der Waals surface area contributed by atoms with Crippen molar-refractivity contribution in [1.82, 2.24) is 0 Å². The van der Waals surface area contributed by atoms with E-state index in [0.29, 0.717) is 55.3 Å². The standard InChI is InChI=1S/C8H7O.BF3.K/c9-7-6-8-4-2-1-3-5-8;2-1(3)4;/h1-5H,6H2;;. The Kier molecular flexibility index (Phi) is 8.91.